The summed E-state index contributed by atoms with van der Waals surface area (Å²) in [5.41, 5.74) is 0.287. The molecule has 0 bridgehead atoms. The van der Waals surface area contributed by atoms with Gasteiger partial charge in [-0.05, 0) is 35.9 Å². The number of rotatable bonds is 6. The molecular weight excluding hydrogens is 314 g/mol. The van der Waals surface area contributed by atoms with Crippen molar-refractivity contribution in [3.05, 3.63) is 63.7 Å². The molecule has 0 unspecified atom stereocenters. The van der Waals surface area contributed by atoms with E-state index in [0.717, 1.165) is 0 Å². The van der Waals surface area contributed by atoms with Gasteiger partial charge in [-0.15, -0.1) is 0 Å². The number of methoxy groups -OCH3 is 2. The van der Waals surface area contributed by atoms with Gasteiger partial charge in [0.05, 0.1) is 36.3 Å². The standard InChI is InChI=1S/C17H15NO6/c1-23-13-6-3-11(4-7-13)15(17(19)20)9-12-5-8-14(24-2)10-16(12)18(21)22/h3-10H,1-2H3,(H,19,20). The van der Waals surface area contributed by atoms with Crippen molar-refractivity contribution in [2.75, 3.05) is 14.2 Å². The van der Waals surface area contributed by atoms with E-state index in [-0.39, 0.29) is 16.8 Å². The van der Waals surface area contributed by atoms with Crippen LogP contribution in [0.5, 0.6) is 11.5 Å². The van der Waals surface area contributed by atoms with Gasteiger partial charge in [-0.1, -0.05) is 12.1 Å². The van der Waals surface area contributed by atoms with E-state index in [1.54, 1.807) is 24.3 Å². The molecule has 0 saturated carbocycles. The summed E-state index contributed by atoms with van der Waals surface area (Å²) in [6.45, 7) is 0. The summed E-state index contributed by atoms with van der Waals surface area (Å²) in [5, 5.41) is 20.7. The smallest absolute Gasteiger partial charge is 0.336 e. The minimum Gasteiger partial charge on any atom is -0.497 e. The van der Waals surface area contributed by atoms with Gasteiger partial charge in [0.1, 0.15) is 11.5 Å². The molecule has 0 aromatic heterocycles. The van der Waals surface area contributed by atoms with Crippen molar-refractivity contribution in [3.8, 4) is 11.5 Å². The predicted octanol–water partition coefficient (Wildman–Crippen LogP) is 3.24. The molecular formula is C17H15NO6. The maximum Gasteiger partial charge on any atom is 0.336 e. The Kier molecular flexibility index (Phi) is 5.16. The maximum atomic E-state index is 11.6. The van der Waals surface area contributed by atoms with E-state index in [2.05, 4.69) is 0 Å². The van der Waals surface area contributed by atoms with E-state index in [1.165, 1.54) is 38.5 Å². The number of carbonyl (C=O) groups is 1. The third-order valence-corrected chi connectivity index (χ3v) is 3.37. The van der Waals surface area contributed by atoms with Gasteiger partial charge in [0.2, 0.25) is 0 Å². The highest BCUT2D eigenvalue weighted by Crippen LogP contribution is 2.29. The lowest BCUT2D eigenvalue weighted by molar-refractivity contribution is -0.385. The quantitative estimate of drug-likeness (QED) is 0.378. The van der Waals surface area contributed by atoms with E-state index in [4.69, 9.17) is 9.47 Å². The van der Waals surface area contributed by atoms with Crippen LogP contribution in [0, 0.1) is 10.1 Å². The lowest BCUT2D eigenvalue weighted by Crippen LogP contribution is -2.01. The van der Waals surface area contributed by atoms with Crippen LogP contribution in [-0.4, -0.2) is 30.2 Å². The van der Waals surface area contributed by atoms with Crippen LogP contribution in [0.2, 0.25) is 0 Å². The second-order valence-electron chi connectivity index (χ2n) is 4.77. The topological polar surface area (TPSA) is 98.9 Å². The molecule has 0 heterocycles. The Balaban J connectivity index is 2.55. The van der Waals surface area contributed by atoms with Crippen LogP contribution in [0.25, 0.3) is 11.6 Å². The average molecular weight is 329 g/mol. The molecule has 1 N–H and O–H groups in total. The predicted molar refractivity (Wildman–Crippen MR) is 88.1 cm³/mol. The molecule has 7 nitrogen and oxygen atoms in total. The number of hydrogen-bond acceptors (Lipinski definition) is 5. The van der Waals surface area contributed by atoms with Crippen LogP contribution in [0.4, 0.5) is 5.69 Å². The molecule has 0 aliphatic heterocycles. The summed E-state index contributed by atoms with van der Waals surface area (Å²) in [6.07, 6.45) is 1.27. The third kappa shape index (κ3) is 3.70. The zero-order valence-corrected chi connectivity index (χ0v) is 13.1. The molecule has 2 aromatic carbocycles. The van der Waals surface area contributed by atoms with Crippen molar-refractivity contribution >= 4 is 23.3 Å². The zero-order chi connectivity index (χ0) is 17.7. The normalized spacial score (nSPS) is 11.0. The number of carboxylic acid groups (broad SMARTS) is 1. The van der Waals surface area contributed by atoms with Crippen molar-refractivity contribution in [1.82, 2.24) is 0 Å². The molecule has 0 fully saturated rings. The van der Waals surface area contributed by atoms with Gasteiger partial charge in [-0.2, -0.15) is 0 Å². The van der Waals surface area contributed by atoms with Gasteiger partial charge in [0.25, 0.3) is 5.69 Å². The van der Waals surface area contributed by atoms with Gasteiger partial charge in [0, 0.05) is 0 Å². The monoisotopic (exact) mass is 329 g/mol. The molecule has 0 radical (unpaired) electrons. The summed E-state index contributed by atoms with van der Waals surface area (Å²) < 4.78 is 10.0. The number of carboxylic acids is 1. The molecule has 2 aromatic rings. The Morgan fingerprint density at radius 2 is 1.67 bits per heavy atom. The molecule has 0 aliphatic carbocycles. The fourth-order valence-corrected chi connectivity index (χ4v) is 2.13. The fraction of sp³-hybridized carbons (Fsp3) is 0.118. The van der Waals surface area contributed by atoms with E-state index >= 15 is 0 Å². The average Bonchev–Trinajstić information content (AvgIpc) is 2.59. The highest BCUT2D eigenvalue weighted by Gasteiger charge is 2.17. The van der Waals surface area contributed by atoms with Crippen LogP contribution < -0.4 is 9.47 Å². The van der Waals surface area contributed by atoms with Gasteiger partial charge >= 0.3 is 5.97 Å². The Morgan fingerprint density at radius 3 is 2.17 bits per heavy atom. The molecule has 7 heteroatoms. The summed E-state index contributed by atoms with van der Waals surface area (Å²) in [4.78, 5) is 22.2. The Bertz CT molecular complexity index is 795. The number of nitro benzene ring substituents is 1. The van der Waals surface area contributed by atoms with Crippen LogP contribution in [-0.2, 0) is 4.79 Å². The molecule has 2 rings (SSSR count). The van der Waals surface area contributed by atoms with Crippen molar-refractivity contribution in [2.45, 2.75) is 0 Å². The second-order valence-corrected chi connectivity index (χ2v) is 4.77. The second kappa shape index (κ2) is 7.28. The third-order valence-electron chi connectivity index (χ3n) is 3.37. The number of nitro groups is 1. The molecule has 0 aliphatic rings. The minimum absolute atomic E-state index is 0.0640. The molecule has 124 valence electrons. The first-order valence-corrected chi connectivity index (χ1v) is 6.88. The van der Waals surface area contributed by atoms with E-state index in [9.17, 15) is 20.0 Å². The zero-order valence-electron chi connectivity index (χ0n) is 13.1. The van der Waals surface area contributed by atoms with E-state index < -0.39 is 10.9 Å². The largest absolute Gasteiger partial charge is 0.497 e. The van der Waals surface area contributed by atoms with E-state index in [0.29, 0.717) is 17.1 Å². The molecule has 0 amide bonds. The van der Waals surface area contributed by atoms with Crippen molar-refractivity contribution in [3.63, 3.8) is 0 Å². The number of ether oxygens (including phenoxy) is 2. The molecule has 24 heavy (non-hydrogen) atoms. The van der Waals surface area contributed by atoms with Gasteiger partial charge in [-0.3, -0.25) is 10.1 Å². The Hall–Kier alpha value is -3.35. The van der Waals surface area contributed by atoms with Crippen molar-refractivity contribution < 1.29 is 24.3 Å². The summed E-state index contributed by atoms with van der Waals surface area (Å²) in [5.74, 6) is -0.288. The number of hydrogen-bond donors (Lipinski definition) is 1. The number of aliphatic carboxylic acids is 1. The molecule has 0 atom stereocenters. The number of nitrogens with zero attached hydrogens (tertiary/aromatic N) is 1. The summed E-state index contributed by atoms with van der Waals surface area (Å²) in [6, 6.07) is 10.6. The van der Waals surface area contributed by atoms with Crippen LogP contribution >= 0.6 is 0 Å². The highest BCUT2D eigenvalue weighted by atomic mass is 16.6. The first kappa shape index (κ1) is 17.0. The van der Waals surface area contributed by atoms with Crippen LogP contribution in [0.15, 0.2) is 42.5 Å². The SMILES string of the molecule is COc1ccc(C(=Cc2ccc(OC)cc2[N+](=O)[O-])C(=O)O)cc1. The lowest BCUT2D eigenvalue weighted by atomic mass is 10.0. The summed E-state index contributed by atoms with van der Waals surface area (Å²) >= 11 is 0. The molecule has 0 saturated heterocycles. The molecule has 0 spiro atoms. The van der Waals surface area contributed by atoms with Crippen molar-refractivity contribution in [1.29, 1.82) is 0 Å². The van der Waals surface area contributed by atoms with Crippen molar-refractivity contribution in [2.24, 2.45) is 0 Å². The highest BCUT2D eigenvalue weighted by molar-refractivity contribution is 6.20. The minimum atomic E-state index is -1.19. The van der Waals surface area contributed by atoms with Gasteiger partial charge in [-0.25, -0.2) is 4.79 Å². The first-order valence-electron chi connectivity index (χ1n) is 6.88. The Labute approximate surface area is 137 Å². The lowest BCUT2D eigenvalue weighted by Gasteiger charge is -2.06. The number of benzene rings is 2. The van der Waals surface area contributed by atoms with Gasteiger partial charge in [0.15, 0.2) is 0 Å². The Morgan fingerprint density at radius 1 is 1.08 bits per heavy atom. The maximum absolute atomic E-state index is 11.6. The first-order chi connectivity index (χ1) is 11.5. The van der Waals surface area contributed by atoms with E-state index in [1.807, 2.05) is 0 Å². The van der Waals surface area contributed by atoms with Crippen LogP contribution in [0.3, 0.4) is 0 Å². The van der Waals surface area contributed by atoms with Crippen LogP contribution in [0.1, 0.15) is 11.1 Å². The summed E-state index contributed by atoms with van der Waals surface area (Å²) in [7, 11) is 2.90. The fourth-order valence-electron chi connectivity index (χ4n) is 2.13. The van der Waals surface area contributed by atoms with Gasteiger partial charge < -0.3 is 14.6 Å².